The van der Waals surface area contributed by atoms with Gasteiger partial charge in [0.15, 0.2) is 0 Å². The fraction of sp³-hybridized carbons (Fsp3) is 0.100. The van der Waals surface area contributed by atoms with Gasteiger partial charge in [-0.2, -0.15) is 0 Å². The summed E-state index contributed by atoms with van der Waals surface area (Å²) in [4.78, 5) is 21.8. The van der Waals surface area contributed by atoms with Gasteiger partial charge in [-0.1, -0.05) is 35.5 Å². The molecule has 1 aromatic carbocycles. The lowest BCUT2D eigenvalue weighted by atomic mass is 10.1. The number of aromatic nitrogens is 3. The Morgan fingerprint density at radius 3 is 2.67 bits per heavy atom. The monoisotopic (exact) mass is 376 g/mol. The molecule has 134 valence electrons. The van der Waals surface area contributed by atoms with Crippen molar-refractivity contribution >= 4 is 34.5 Å². The van der Waals surface area contributed by atoms with Crippen LogP contribution in [0.1, 0.15) is 16.1 Å². The fourth-order valence-corrected chi connectivity index (χ4v) is 3.17. The molecule has 4 rings (SSSR count). The number of benzene rings is 1. The Morgan fingerprint density at radius 1 is 1.15 bits per heavy atom. The minimum atomic E-state index is -0.260. The molecule has 0 atom stereocenters. The van der Waals surface area contributed by atoms with Crippen LogP contribution in [-0.2, 0) is 0 Å². The number of carbonyl (C=O) groups is 1. The summed E-state index contributed by atoms with van der Waals surface area (Å²) in [7, 11) is 0. The molecule has 0 aliphatic rings. The number of nitrogens with zero attached hydrogens (tertiary/aromatic N) is 3. The Balaban J connectivity index is 1.76. The number of pyridine rings is 2. The third-order valence-electron chi connectivity index (χ3n) is 4.13. The molecule has 0 radical (unpaired) electrons. The van der Waals surface area contributed by atoms with E-state index in [9.17, 15) is 4.79 Å². The highest BCUT2D eigenvalue weighted by Crippen LogP contribution is 2.27. The van der Waals surface area contributed by atoms with E-state index in [1.165, 1.54) is 0 Å². The maximum absolute atomic E-state index is 13.0. The summed E-state index contributed by atoms with van der Waals surface area (Å²) in [6, 6.07) is 15.1. The molecule has 7 heteroatoms. The van der Waals surface area contributed by atoms with Gasteiger partial charge in [0.1, 0.15) is 0 Å². The molecule has 3 heterocycles. The number of anilines is 1. The predicted molar refractivity (Wildman–Crippen MR) is 106 cm³/mol. The number of hydrogen-bond donors (Lipinski definition) is 1. The van der Waals surface area contributed by atoms with E-state index in [0.29, 0.717) is 33.7 Å². The summed E-state index contributed by atoms with van der Waals surface area (Å²) in [5.74, 6) is -0.260. The maximum atomic E-state index is 13.0. The van der Waals surface area contributed by atoms with Gasteiger partial charge in [-0.15, -0.1) is 11.8 Å². The van der Waals surface area contributed by atoms with Crippen molar-refractivity contribution < 1.29 is 9.32 Å². The van der Waals surface area contributed by atoms with Crippen LogP contribution in [0.3, 0.4) is 0 Å². The first-order chi connectivity index (χ1) is 13.2. The second kappa shape index (κ2) is 7.20. The van der Waals surface area contributed by atoms with Crippen LogP contribution in [0.15, 0.2) is 64.3 Å². The van der Waals surface area contributed by atoms with E-state index in [2.05, 4.69) is 20.4 Å². The number of aryl methyl sites for hydroxylation is 1. The number of fused-ring (bicyclic) bond motifs is 1. The highest BCUT2D eigenvalue weighted by atomic mass is 32.2. The molecule has 27 heavy (non-hydrogen) atoms. The van der Waals surface area contributed by atoms with Crippen LogP contribution in [0.4, 0.5) is 5.69 Å². The third-order valence-corrected chi connectivity index (χ3v) is 4.79. The number of hydrogen-bond acceptors (Lipinski definition) is 6. The highest BCUT2D eigenvalue weighted by molar-refractivity contribution is 7.98. The number of thioether (sulfide) groups is 1. The van der Waals surface area contributed by atoms with E-state index in [0.717, 1.165) is 10.6 Å². The molecule has 6 nitrogen and oxygen atoms in total. The molecule has 0 bridgehead atoms. The van der Waals surface area contributed by atoms with E-state index in [1.807, 2.05) is 48.7 Å². The normalized spacial score (nSPS) is 10.9. The van der Waals surface area contributed by atoms with Crippen molar-refractivity contribution in [2.24, 2.45) is 0 Å². The Morgan fingerprint density at radius 2 is 1.96 bits per heavy atom. The second-order valence-corrected chi connectivity index (χ2v) is 6.74. The average Bonchev–Trinajstić information content (AvgIpc) is 3.09. The molecular formula is C20H16N4O2S. The molecule has 0 saturated heterocycles. The Labute approximate surface area is 160 Å². The van der Waals surface area contributed by atoms with Crippen molar-refractivity contribution in [1.82, 2.24) is 15.1 Å². The van der Waals surface area contributed by atoms with Crippen molar-refractivity contribution in [3.63, 3.8) is 0 Å². The summed E-state index contributed by atoms with van der Waals surface area (Å²) in [6.45, 7) is 1.79. The van der Waals surface area contributed by atoms with Gasteiger partial charge in [0.05, 0.1) is 39.2 Å². The van der Waals surface area contributed by atoms with E-state index in [-0.39, 0.29) is 5.91 Å². The lowest BCUT2D eigenvalue weighted by Gasteiger charge is -2.08. The quantitative estimate of drug-likeness (QED) is 0.526. The van der Waals surface area contributed by atoms with Crippen LogP contribution in [0.25, 0.3) is 22.4 Å². The van der Waals surface area contributed by atoms with Crippen LogP contribution in [-0.4, -0.2) is 27.3 Å². The first kappa shape index (κ1) is 17.2. The topological polar surface area (TPSA) is 80.9 Å². The predicted octanol–water partition coefficient (Wildman–Crippen LogP) is 4.57. The van der Waals surface area contributed by atoms with Crippen LogP contribution in [0.2, 0.25) is 0 Å². The number of carbonyl (C=O) groups excluding carboxylic acids is 1. The SMILES string of the molecule is CSc1ccc(NC(=O)c2cc(-c3ccccc3)nc3onc(C)c23)cn1. The molecule has 0 spiro atoms. The summed E-state index contributed by atoms with van der Waals surface area (Å²) in [5, 5.41) is 8.36. The number of rotatable bonds is 4. The smallest absolute Gasteiger partial charge is 0.259 e. The van der Waals surface area contributed by atoms with Crippen molar-refractivity contribution in [3.05, 3.63) is 66.0 Å². The minimum Gasteiger partial charge on any atom is -0.335 e. The Kier molecular flexibility index (Phi) is 4.60. The van der Waals surface area contributed by atoms with E-state index in [4.69, 9.17) is 4.52 Å². The molecule has 0 saturated carbocycles. The van der Waals surface area contributed by atoms with Crippen LogP contribution >= 0.6 is 11.8 Å². The molecule has 3 aromatic heterocycles. The van der Waals surface area contributed by atoms with Crippen molar-refractivity contribution in [1.29, 1.82) is 0 Å². The lowest BCUT2D eigenvalue weighted by molar-refractivity contribution is 0.102. The van der Waals surface area contributed by atoms with Gasteiger partial charge in [0.2, 0.25) is 0 Å². The zero-order valence-electron chi connectivity index (χ0n) is 14.8. The third kappa shape index (κ3) is 3.41. The summed E-state index contributed by atoms with van der Waals surface area (Å²) in [6.07, 6.45) is 3.59. The average molecular weight is 376 g/mol. The molecule has 0 unspecified atom stereocenters. The van der Waals surface area contributed by atoms with Gasteiger partial charge in [-0.3, -0.25) is 4.79 Å². The zero-order valence-corrected chi connectivity index (χ0v) is 15.6. The van der Waals surface area contributed by atoms with Gasteiger partial charge in [-0.05, 0) is 31.4 Å². The minimum absolute atomic E-state index is 0.260. The van der Waals surface area contributed by atoms with Crippen LogP contribution in [0, 0.1) is 6.92 Å². The summed E-state index contributed by atoms with van der Waals surface area (Å²) in [5.41, 5.74) is 3.60. The molecule has 1 N–H and O–H groups in total. The van der Waals surface area contributed by atoms with Gasteiger partial charge < -0.3 is 9.84 Å². The van der Waals surface area contributed by atoms with Gasteiger partial charge in [-0.25, -0.2) is 9.97 Å². The zero-order chi connectivity index (χ0) is 18.8. The molecule has 4 aromatic rings. The van der Waals surface area contributed by atoms with E-state index < -0.39 is 0 Å². The van der Waals surface area contributed by atoms with Gasteiger partial charge >= 0.3 is 0 Å². The largest absolute Gasteiger partial charge is 0.335 e. The molecular weight excluding hydrogens is 360 g/mol. The summed E-state index contributed by atoms with van der Waals surface area (Å²) < 4.78 is 5.33. The van der Waals surface area contributed by atoms with Gasteiger partial charge in [0.25, 0.3) is 11.6 Å². The Bertz CT molecular complexity index is 1110. The van der Waals surface area contributed by atoms with Crippen LogP contribution in [0.5, 0.6) is 0 Å². The van der Waals surface area contributed by atoms with E-state index >= 15 is 0 Å². The van der Waals surface area contributed by atoms with E-state index in [1.54, 1.807) is 30.9 Å². The first-order valence-corrected chi connectivity index (χ1v) is 9.52. The fourth-order valence-electron chi connectivity index (χ4n) is 2.80. The maximum Gasteiger partial charge on any atom is 0.259 e. The standard InChI is InChI=1S/C20H16N4O2S/c1-12-18-15(19(25)22-14-8-9-17(27-2)21-11-14)10-16(23-20(18)26-24-12)13-6-4-3-5-7-13/h3-11H,1-2H3,(H,22,25). The van der Waals surface area contributed by atoms with Gasteiger partial charge in [0, 0.05) is 5.56 Å². The second-order valence-electron chi connectivity index (χ2n) is 5.91. The van der Waals surface area contributed by atoms with Crippen molar-refractivity contribution in [2.75, 3.05) is 11.6 Å². The van der Waals surface area contributed by atoms with Crippen molar-refractivity contribution in [3.8, 4) is 11.3 Å². The number of amides is 1. The first-order valence-electron chi connectivity index (χ1n) is 8.29. The Hall–Kier alpha value is -3.19. The number of nitrogens with one attached hydrogen (secondary N) is 1. The molecule has 0 fully saturated rings. The molecule has 0 aliphatic carbocycles. The molecule has 1 amide bonds. The lowest BCUT2D eigenvalue weighted by Crippen LogP contribution is -2.13. The summed E-state index contributed by atoms with van der Waals surface area (Å²) >= 11 is 1.54. The van der Waals surface area contributed by atoms with Crippen LogP contribution < -0.4 is 5.32 Å². The van der Waals surface area contributed by atoms with Crippen molar-refractivity contribution in [2.45, 2.75) is 11.9 Å². The molecule has 0 aliphatic heterocycles. The highest BCUT2D eigenvalue weighted by Gasteiger charge is 2.19.